The highest BCUT2D eigenvalue weighted by Crippen LogP contribution is 2.32. The Kier molecular flexibility index (Phi) is 7.63. The summed E-state index contributed by atoms with van der Waals surface area (Å²) in [6.07, 6.45) is 6.19. The van der Waals surface area contributed by atoms with E-state index in [0.29, 0.717) is 24.7 Å². The van der Waals surface area contributed by atoms with Crippen molar-refractivity contribution in [2.45, 2.75) is 56.8 Å². The molecule has 0 aliphatic carbocycles. The number of benzene rings is 1. The van der Waals surface area contributed by atoms with Gasteiger partial charge in [0.15, 0.2) is 5.96 Å². The van der Waals surface area contributed by atoms with Gasteiger partial charge < -0.3 is 15.5 Å². The zero-order valence-corrected chi connectivity index (χ0v) is 17.7. The fourth-order valence-electron chi connectivity index (χ4n) is 4.09. The lowest BCUT2D eigenvalue weighted by Gasteiger charge is -2.47. The third-order valence-electron chi connectivity index (χ3n) is 5.49. The van der Waals surface area contributed by atoms with E-state index in [0.717, 1.165) is 24.4 Å². The van der Waals surface area contributed by atoms with E-state index in [1.54, 1.807) is 19.2 Å². The molecule has 0 saturated carbocycles. The third kappa shape index (κ3) is 5.06. The van der Waals surface area contributed by atoms with Crippen LogP contribution >= 0.6 is 24.0 Å². The molecule has 2 unspecified atom stereocenters. The Morgan fingerprint density at radius 3 is 2.65 bits per heavy atom. The van der Waals surface area contributed by atoms with Crippen LogP contribution in [0.2, 0.25) is 0 Å². The highest BCUT2D eigenvalue weighted by Gasteiger charge is 2.36. The Morgan fingerprint density at radius 1 is 1.35 bits per heavy atom. The maximum Gasteiger partial charge on any atom is 0.269 e. The molecule has 2 aliphatic rings. The first-order valence-electron chi connectivity index (χ1n) is 8.99. The molecule has 0 spiro atoms. The number of hydrogen-bond donors (Lipinski definition) is 2. The molecule has 2 saturated heterocycles. The van der Waals surface area contributed by atoms with Gasteiger partial charge in [-0.3, -0.25) is 15.1 Å². The van der Waals surface area contributed by atoms with Gasteiger partial charge in [0.1, 0.15) is 0 Å². The van der Waals surface area contributed by atoms with Crippen LogP contribution in [0.3, 0.4) is 0 Å². The first-order valence-corrected chi connectivity index (χ1v) is 8.99. The van der Waals surface area contributed by atoms with E-state index in [1.165, 1.54) is 25.3 Å². The lowest BCUT2D eigenvalue weighted by atomic mass is 9.82. The Bertz CT molecular complexity index is 640. The monoisotopic (exact) mass is 473 g/mol. The minimum atomic E-state index is -0.367. The van der Waals surface area contributed by atoms with Crippen molar-refractivity contribution in [1.82, 2.24) is 15.5 Å². The number of aliphatic imine (C=N–C) groups is 1. The molecule has 3 rings (SSSR count). The van der Waals surface area contributed by atoms with Crippen LogP contribution in [0.4, 0.5) is 5.69 Å². The van der Waals surface area contributed by atoms with E-state index in [2.05, 4.69) is 27.6 Å². The molecule has 7 nitrogen and oxygen atoms in total. The Labute approximate surface area is 171 Å². The standard InChI is InChI=1S/C18H27N5O2.HI/c1-19-18(20-12-13-5-3-8-17(9-13)23(24)25)21-14-10-15-6-4-7-16(11-14)22(15)2;/h3,5,8-9,14-16H,4,6-7,10-12H2,1-2H3,(H2,19,20,21);1H. The van der Waals surface area contributed by atoms with Crippen molar-refractivity contribution in [3.8, 4) is 0 Å². The van der Waals surface area contributed by atoms with Crippen LogP contribution in [0.15, 0.2) is 29.3 Å². The summed E-state index contributed by atoms with van der Waals surface area (Å²) in [7, 11) is 4.01. The van der Waals surface area contributed by atoms with Gasteiger partial charge in [0.2, 0.25) is 0 Å². The van der Waals surface area contributed by atoms with E-state index in [1.807, 2.05) is 6.07 Å². The number of rotatable bonds is 4. The van der Waals surface area contributed by atoms with Gasteiger partial charge >= 0.3 is 0 Å². The quantitative estimate of drug-likeness (QED) is 0.231. The predicted octanol–water partition coefficient (Wildman–Crippen LogP) is 2.89. The van der Waals surface area contributed by atoms with Crippen LogP contribution < -0.4 is 10.6 Å². The molecule has 1 aromatic carbocycles. The highest BCUT2D eigenvalue weighted by molar-refractivity contribution is 14.0. The first-order chi connectivity index (χ1) is 12.1. The van der Waals surface area contributed by atoms with Crippen molar-refractivity contribution in [3.05, 3.63) is 39.9 Å². The Morgan fingerprint density at radius 2 is 2.04 bits per heavy atom. The van der Waals surface area contributed by atoms with Gasteiger partial charge in [-0.15, -0.1) is 24.0 Å². The van der Waals surface area contributed by atoms with Crippen molar-refractivity contribution < 1.29 is 4.92 Å². The summed E-state index contributed by atoms with van der Waals surface area (Å²) in [4.78, 5) is 17.4. The number of hydrogen-bond acceptors (Lipinski definition) is 4. The summed E-state index contributed by atoms with van der Waals surface area (Å²) < 4.78 is 0. The molecule has 2 aliphatic heterocycles. The van der Waals surface area contributed by atoms with E-state index < -0.39 is 0 Å². The lowest BCUT2D eigenvalue weighted by Crippen LogP contribution is -2.56. The predicted molar refractivity (Wildman–Crippen MR) is 114 cm³/mol. The van der Waals surface area contributed by atoms with Gasteiger partial charge in [0.25, 0.3) is 5.69 Å². The van der Waals surface area contributed by atoms with Gasteiger partial charge in [-0.05, 0) is 38.3 Å². The second-order valence-electron chi connectivity index (χ2n) is 7.07. The van der Waals surface area contributed by atoms with Crippen LogP contribution in [0, 0.1) is 10.1 Å². The van der Waals surface area contributed by atoms with Crippen LogP contribution in [-0.4, -0.2) is 48.0 Å². The van der Waals surface area contributed by atoms with Gasteiger partial charge in [-0.1, -0.05) is 18.6 Å². The molecular formula is C18H28IN5O2. The first kappa shape index (κ1) is 20.9. The molecule has 144 valence electrons. The molecular weight excluding hydrogens is 445 g/mol. The molecule has 0 amide bonds. The number of non-ortho nitro benzene ring substituents is 1. The average molecular weight is 473 g/mol. The number of nitro groups is 1. The molecule has 0 radical (unpaired) electrons. The molecule has 8 heteroatoms. The zero-order valence-electron chi connectivity index (χ0n) is 15.4. The number of piperidine rings is 2. The number of guanidine groups is 1. The van der Waals surface area contributed by atoms with Crippen molar-refractivity contribution in [3.63, 3.8) is 0 Å². The highest BCUT2D eigenvalue weighted by atomic mass is 127. The summed E-state index contributed by atoms with van der Waals surface area (Å²) in [5.41, 5.74) is 0.989. The molecule has 26 heavy (non-hydrogen) atoms. The largest absolute Gasteiger partial charge is 0.354 e. The second-order valence-corrected chi connectivity index (χ2v) is 7.07. The number of fused-ring (bicyclic) bond motifs is 2. The smallest absolute Gasteiger partial charge is 0.269 e. The molecule has 2 atom stereocenters. The van der Waals surface area contributed by atoms with Gasteiger partial charge in [0.05, 0.1) is 4.92 Å². The summed E-state index contributed by atoms with van der Waals surface area (Å²) in [6.45, 7) is 0.515. The zero-order chi connectivity index (χ0) is 17.8. The summed E-state index contributed by atoms with van der Waals surface area (Å²) in [5.74, 6) is 0.763. The number of nitro benzene ring substituents is 1. The fourth-order valence-corrected chi connectivity index (χ4v) is 4.09. The van der Waals surface area contributed by atoms with Crippen molar-refractivity contribution in [2.75, 3.05) is 14.1 Å². The minimum Gasteiger partial charge on any atom is -0.354 e. The van der Waals surface area contributed by atoms with Crippen molar-refractivity contribution in [1.29, 1.82) is 0 Å². The van der Waals surface area contributed by atoms with Crippen LogP contribution in [-0.2, 0) is 6.54 Å². The minimum absolute atomic E-state index is 0. The van der Waals surface area contributed by atoms with Crippen LogP contribution in [0.1, 0.15) is 37.7 Å². The molecule has 2 bridgehead atoms. The number of nitrogens with zero attached hydrogens (tertiary/aromatic N) is 3. The normalized spacial score (nSPS) is 25.9. The summed E-state index contributed by atoms with van der Waals surface area (Å²) in [5, 5.41) is 17.7. The van der Waals surface area contributed by atoms with E-state index in [-0.39, 0.29) is 34.6 Å². The SMILES string of the molecule is CN=C(NCc1cccc([N+](=O)[O-])c1)NC1CC2CCCC(C1)N2C.I. The van der Waals surface area contributed by atoms with Gasteiger partial charge in [-0.25, -0.2) is 0 Å². The molecule has 2 heterocycles. The molecule has 2 N–H and O–H groups in total. The van der Waals surface area contributed by atoms with Crippen molar-refractivity contribution >= 4 is 35.6 Å². The lowest BCUT2D eigenvalue weighted by molar-refractivity contribution is -0.384. The Balaban J connectivity index is 0.00000243. The number of halogens is 1. The van der Waals surface area contributed by atoms with Crippen LogP contribution in [0.5, 0.6) is 0 Å². The topological polar surface area (TPSA) is 82.8 Å². The summed E-state index contributed by atoms with van der Waals surface area (Å²) >= 11 is 0. The van der Waals surface area contributed by atoms with Gasteiger partial charge in [-0.2, -0.15) is 0 Å². The van der Waals surface area contributed by atoms with Crippen molar-refractivity contribution in [2.24, 2.45) is 4.99 Å². The summed E-state index contributed by atoms with van der Waals surface area (Å²) in [6, 6.07) is 8.47. The van der Waals surface area contributed by atoms with E-state index in [9.17, 15) is 10.1 Å². The second kappa shape index (κ2) is 9.50. The maximum atomic E-state index is 10.9. The fraction of sp³-hybridized carbons (Fsp3) is 0.611. The van der Waals surface area contributed by atoms with Gasteiger partial charge in [0, 0.05) is 43.9 Å². The Hall–Kier alpha value is -1.42. The van der Waals surface area contributed by atoms with Crippen LogP contribution in [0.25, 0.3) is 0 Å². The molecule has 2 fully saturated rings. The van der Waals surface area contributed by atoms with E-state index >= 15 is 0 Å². The third-order valence-corrected chi connectivity index (χ3v) is 5.49. The molecule has 0 aromatic heterocycles. The number of nitrogens with one attached hydrogen (secondary N) is 2. The molecule has 1 aromatic rings. The maximum absolute atomic E-state index is 10.9. The average Bonchev–Trinajstić information content (AvgIpc) is 2.59. The van der Waals surface area contributed by atoms with E-state index in [4.69, 9.17) is 0 Å².